The molecule has 2 rings (SSSR count). The molecule has 0 heterocycles. The standard InChI is InChI=1S/C10H14Br2/c11-8-5-1-3-7-4-2-6-9(12)10(7)8/h1,5,7-10H,2-4,6H2. The first-order valence-corrected chi connectivity index (χ1v) is 6.57. The minimum Gasteiger partial charge on any atom is -0.0887 e. The zero-order valence-electron chi connectivity index (χ0n) is 7.05. The van der Waals surface area contributed by atoms with Gasteiger partial charge in [0.05, 0.1) is 0 Å². The number of hydrogen-bond acceptors (Lipinski definition) is 0. The van der Waals surface area contributed by atoms with Gasteiger partial charge in [0.15, 0.2) is 0 Å². The van der Waals surface area contributed by atoms with Crippen LogP contribution in [0.2, 0.25) is 0 Å². The summed E-state index contributed by atoms with van der Waals surface area (Å²) in [7, 11) is 0. The molecule has 12 heavy (non-hydrogen) atoms. The van der Waals surface area contributed by atoms with Crippen molar-refractivity contribution >= 4 is 31.9 Å². The van der Waals surface area contributed by atoms with Gasteiger partial charge < -0.3 is 0 Å². The van der Waals surface area contributed by atoms with Gasteiger partial charge in [0.2, 0.25) is 0 Å². The van der Waals surface area contributed by atoms with Crippen LogP contribution in [0.5, 0.6) is 0 Å². The average molecular weight is 294 g/mol. The van der Waals surface area contributed by atoms with Gasteiger partial charge in [-0.3, -0.25) is 0 Å². The van der Waals surface area contributed by atoms with Gasteiger partial charge >= 0.3 is 0 Å². The van der Waals surface area contributed by atoms with Crippen LogP contribution in [0.25, 0.3) is 0 Å². The Morgan fingerprint density at radius 1 is 1.17 bits per heavy atom. The third-order valence-electron chi connectivity index (χ3n) is 3.14. The number of hydrogen-bond donors (Lipinski definition) is 0. The molecule has 4 atom stereocenters. The Labute approximate surface area is 91.1 Å². The maximum absolute atomic E-state index is 3.81. The highest BCUT2D eigenvalue weighted by atomic mass is 79.9. The number of rotatable bonds is 0. The SMILES string of the molecule is BrC1C=CCC2CCCC(Br)C12. The summed E-state index contributed by atoms with van der Waals surface area (Å²) in [6, 6.07) is 0. The lowest BCUT2D eigenvalue weighted by Crippen LogP contribution is -2.36. The van der Waals surface area contributed by atoms with Crippen LogP contribution in [0.4, 0.5) is 0 Å². The Morgan fingerprint density at radius 2 is 2.00 bits per heavy atom. The van der Waals surface area contributed by atoms with Crippen LogP contribution in [-0.2, 0) is 0 Å². The van der Waals surface area contributed by atoms with Crippen molar-refractivity contribution in [1.29, 1.82) is 0 Å². The number of fused-ring (bicyclic) bond motifs is 1. The van der Waals surface area contributed by atoms with Crippen molar-refractivity contribution in [3.63, 3.8) is 0 Å². The molecule has 2 aliphatic carbocycles. The van der Waals surface area contributed by atoms with Gasteiger partial charge in [-0.15, -0.1) is 0 Å². The van der Waals surface area contributed by atoms with E-state index in [1.807, 2.05) is 0 Å². The fraction of sp³-hybridized carbons (Fsp3) is 0.800. The molecule has 1 saturated carbocycles. The summed E-state index contributed by atoms with van der Waals surface area (Å²) >= 11 is 7.56. The van der Waals surface area contributed by atoms with Gasteiger partial charge in [0.1, 0.15) is 0 Å². The predicted octanol–water partition coefficient (Wildman–Crippen LogP) is 3.89. The quantitative estimate of drug-likeness (QED) is 0.469. The second kappa shape index (κ2) is 3.83. The van der Waals surface area contributed by atoms with E-state index in [4.69, 9.17) is 0 Å². The number of alkyl halides is 2. The highest BCUT2D eigenvalue weighted by Crippen LogP contribution is 2.43. The van der Waals surface area contributed by atoms with Gasteiger partial charge in [0.25, 0.3) is 0 Å². The lowest BCUT2D eigenvalue weighted by Gasteiger charge is -2.39. The van der Waals surface area contributed by atoms with E-state index in [-0.39, 0.29) is 0 Å². The minimum absolute atomic E-state index is 0.612. The molecule has 0 amide bonds. The first-order chi connectivity index (χ1) is 5.79. The molecule has 0 saturated heterocycles. The molecule has 0 spiro atoms. The van der Waals surface area contributed by atoms with Crippen molar-refractivity contribution in [2.24, 2.45) is 11.8 Å². The molecule has 0 aromatic rings. The van der Waals surface area contributed by atoms with Gasteiger partial charge in [0, 0.05) is 9.65 Å². The molecule has 0 aliphatic heterocycles. The zero-order valence-corrected chi connectivity index (χ0v) is 10.2. The average Bonchev–Trinajstić information content (AvgIpc) is 2.04. The fourth-order valence-electron chi connectivity index (χ4n) is 2.50. The normalized spacial score (nSPS) is 47.2. The van der Waals surface area contributed by atoms with Crippen LogP contribution in [0.15, 0.2) is 12.2 Å². The van der Waals surface area contributed by atoms with Crippen LogP contribution in [0, 0.1) is 11.8 Å². The topological polar surface area (TPSA) is 0 Å². The third-order valence-corrected chi connectivity index (χ3v) is 5.13. The molecular formula is C10H14Br2. The Bertz CT molecular complexity index is 188. The minimum atomic E-state index is 0.612. The van der Waals surface area contributed by atoms with Crippen LogP contribution in [0.3, 0.4) is 0 Å². The van der Waals surface area contributed by atoms with Crippen molar-refractivity contribution < 1.29 is 0 Å². The van der Waals surface area contributed by atoms with E-state index in [1.54, 1.807) is 0 Å². The molecule has 2 heteroatoms. The van der Waals surface area contributed by atoms with E-state index in [2.05, 4.69) is 44.0 Å². The predicted molar refractivity (Wildman–Crippen MR) is 60.0 cm³/mol. The highest BCUT2D eigenvalue weighted by Gasteiger charge is 2.36. The van der Waals surface area contributed by atoms with Crippen molar-refractivity contribution in [2.45, 2.75) is 35.3 Å². The Hall–Kier alpha value is 0.700. The lowest BCUT2D eigenvalue weighted by atomic mass is 9.73. The molecule has 0 radical (unpaired) electrons. The van der Waals surface area contributed by atoms with E-state index in [9.17, 15) is 0 Å². The maximum Gasteiger partial charge on any atom is 0.0367 e. The summed E-state index contributed by atoms with van der Waals surface area (Å²) in [6.45, 7) is 0. The summed E-state index contributed by atoms with van der Waals surface area (Å²) in [5, 5.41) is 0. The molecule has 0 nitrogen and oxygen atoms in total. The molecule has 0 bridgehead atoms. The summed E-state index contributed by atoms with van der Waals surface area (Å²) in [5.74, 6) is 1.77. The Kier molecular flexibility index (Phi) is 2.96. The molecule has 0 aromatic heterocycles. The third kappa shape index (κ3) is 1.65. The molecule has 2 aliphatic rings. The second-order valence-corrected chi connectivity index (χ2v) is 6.13. The van der Waals surface area contributed by atoms with E-state index >= 15 is 0 Å². The lowest BCUT2D eigenvalue weighted by molar-refractivity contribution is 0.250. The van der Waals surface area contributed by atoms with Gasteiger partial charge in [-0.25, -0.2) is 0 Å². The van der Waals surface area contributed by atoms with Crippen molar-refractivity contribution in [1.82, 2.24) is 0 Å². The highest BCUT2D eigenvalue weighted by molar-refractivity contribution is 9.10. The fourth-order valence-corrected chi connectivity index (χ4v) is 5.01. The van der Waals surface area contributed by atoms with Crippen LogP contribution in [-0.4, -0.2) is 9.65 Å². The van der Waals surface area contributed by atoms with E-state index in [0.29, 0.717) is 4.83 Å². The van der Waals surface area contributed by atoms with Crippen LogP contribution in [0.1, 0.15) is 25.7 Å². The molecule has 1 fully saturated rings. The molecule has 4 unspecified atom stereocenters. The summed E-state index contributed by atoms with van der Waals surface area (Å²) in [6.07, 6.45) is 10.2. The van der Waals surface area contributed by atoms with Gasteiger partial charge in [-0.2, -0.15) is 0 Å². The summed E-state index contributed by atoms with van der Waals surface area (Å²) in [4.78, 5) is 1.35. The molecule has 0 aromatic carbocycles. The van der Waals surface area contributed by atoms with Crippen molar-refractivity contribution in [2.75, 3.05) is 0 Å². The first-order valence-electron chi connectivity index (χ1n) is 4.74. The largest absolute Gasteiger partial charge is 0.0887 e. The van der Waals surface area contributed by atoms with Crippen molar-refractivity contribution in [3.05, 3.63) is 12.2 Å². The number of halogens is 2. The van der Waals surface area contributed by atoms with E-state index < -0.39 is 0 Å². The molecule has 0 N–H and O–H groups in total. The van der Waals surface area contributed by atoms with Crippen molar-refractivity contribution in [3.8, 4) is 0 Å². The maximum atomic E-state index is 3.81. The first kappa shape index (κ1) is 9.26. The number of allylic oxidation sites excluding steroid dienone is 2. The van der Waals surface area contributed by atoms with Gasteiger partial charge in [-0.05, 0) is 31.1 Å². The summed E-state index contributed by atoms with van der Waals surface area (Å²) < 4.78 is 0. The van der Waals surface area contributed by atoms with E-state index in [1.165, 1.54) is 25.7 Å². The monoisotopic (exact) mass is 292 g/mol. The Balaban J connectivity index is 2.14. The Morgan fingerprint density at radius 3 is 2.75 bits per heavy atom. The van der Waals surface area contributed by atoms with Crippen LogP contribution >= 0.6 is 31.9 Å². The van der Waals surface area contributed by atoms with E-state index in [0.717, 1.165) is 16.7 Å². The zero-order chi connectivity index (χ0) is 8.55. The second-order valence-electron chi connectivity index (χ2n) is 3.89. The van der Waals surface area contributed by atoms with Gasteiger partial charge in [-0.1, -0.05) is 50.4 Å². The molecular weight excluding hydrogens is 280 g/mol. The summed E-state index contributed by atoms with van der Waals surface area (Å²) in [5.41, 5.74) is 0. The van der Waals surface area contributed by atoms with Crippen LogP contribution < -0.4 is 0 Å². The smallest absolute Gasteiger partial charge is 0.0367 e. The molecule has 68 valence electrons.